The molecule has 5 nitrogen and oxygen atoms in total. The summed E-state index contributed by atoms with van der Waals surface area (Å²) in [5.74, 6) is 0.771. The summed E-state index contributed by atoms with van der Waals surface area (Å²) in [6, 6.07) is 12.7. The molecule has 1 aromatic heterocycles. The molecule has 4 rings (SSSR count). The summed E-state index contributed by atoms with van der Waals surface area (Å²) >= 11 is 0. The van der Waals surface area contributed by atoms with Gasteiger partial charge in [0.25, 0.3) is 0 Å². The molecule has 2 aromatic rings. The zero-order valence-corrected chi connectivity index (χ0v) is 15.6. The summed E-state index contributed by atoms with van der Waals surface area (Å²) in [6.07, 6.45) is 3.08. The maximum absolute atomic E-state index is 12.6. The Morgan fingerprint density at radius 1 is 1.27 bits per heavy atom. The number of nitrogens with zero attached hydrogens (tertiary/aromatic N) is 2. The van der Waals surface area contributed by atoms with E-state index in [2.05, 4.69) is 10.1 Å². The number of esters is 1. The van der Waals surface area contributed by atoms with Crippen molar-refractivity contribution in [1.82, 2.24) is 10.1 Å². The second kappa shape index (κ2) is 6.54. The first-order valence-electron chi connectivity index (χ1n) is 9.40. The highest BCUT2D eigenvalue weighted by Gasteiger charge is 2.50. The van der Waals surface area contributed by atoms with Gasteiger partial charge in [0.1, 0.15) is 11.3 Å². The van der Waals surface area contributed by atoms with Crippen LogP contribution in [0.25, 0.3) is 11.3 Å². The van der Waals surface area contributed by atoms with E-state index in [0.717, 1.165) is 36.3 Å². The van der Waals surface area contributed by atoms with E-state index >= 15 is 0 Å². The Hall–Kier alpha value is -2.14. The molecule has 2 fully saturated rings. The summed E-state index contributed by atoms with van der Waals surface area (Å²) < 4.78 is 11.2. The fourth-order valence-corrected chi connectivity index (χ4v) is 4.29. The number of hydrogen-bond donors (Lipinski definition) is 0. The highest BCUT2D eigenvalue weighted by Crippen LogP contribution is 2.43. The molecular formula is C21H26N2O3. The molecule has 2 aliphatic rings. The average Bonchev–Trinajstić information content (AvgIpc) is 3.30. The lowest BCUT2D eigenvalue weighted by atomic mass is 9.89. The minimum Gasteiger partial charge on any atom is -0.460 e. The lowest BCUT2D eigenvalue weighted by molar-refractivity contribution is -0.161. The topological polar surface area (TPSA) is 55.6 Å². The molecular weight excluding hydrogens is 328 g/mol. The van der Waals surface area contributed by atoms with Crippen molar-refractivity contribution in [2.45, 2.75) is 64.3 Å². The summed E-state index contributed by atoms with van der Waals surface area (Å²) in [5, 5.41) is 4.21. The molecule has 5 heteroatoms. The second-order valence-electron chi connectivity index (χ2n) is 8.39. The van der Waals surface area contributed by atoms with Crippen LogP contribution in [0.5, 0.6) is 0 Å². The van der Waals surface area contributed by atoms with Gasteiger partial charge in [-0.25, -0.2) is 0 Å². The summed E-state index contributed by atoms with van der Waals surface area (Å²) in [7, 11) is 0. The van der Waals surface area contributed by atoms with Crippen molar-refractivity contribution in [3.8, 4) is 11.3 Å². The van der Waals surface area contributed by atoms with Crippen molar-refractivity contribution in [2.24, 2.45) is 5.92 Å². The Kier molecular flexibility index (Phi) is 4.35. The van der Waals surface area contributed by atoms with Gasteiger partial charge in [0, 0.05) is 23.7 Å². The van der Waals surface area contributed by atoms with Crippen LogP contribution in [0.15, 0.2) is 40.9 Å². The van der Waals surface area contributed by atoms with E-state index in [0.29, 0.717) is 12.6 Å². The quantitative estimate of drug-likeness (QED) is 0.776. The third kappa shape index (κ3) is 3.40. The van der Waals surface area contributed by atoms with E-state index in [1.54, 1.807) is 0 Å². The number of carbonyl (C=O) groups is 1. The Morgan fingerprint density at radius 3 is 2.77 bits per heavy atom. The third-order valence-electron chi connectivity index (χ3n) is 5.36. The first kappa shape index (κ1) is 17.3. The number of fused-ring (bicyclic) bond motifs is 2. The number of ether oxygens (including phenoxy) is 1. The average molecular weight is 354 g/mol. The van der Waals surface area contributed by atoms with Crippen LogP contribution in [0.4, 0.5) is 0 Å². The summed E-state index contributed by atoms with van der Waals surface area (Å²) in [4.78, 5) is 15.0. The number of carbonyl (C=O) groups excluding carboxylic acids is 1. The molecule has 2 saturated heterocycles. The molecule has 2 aliphatic heterocycles. The van der Waals surface area contributed by atoms with E-state index in [9.17, 15) is 4.79 Å². The van der Waals surface area contributed by atoms with Crippen LogP contribution in [0.2, 0.25) is 0 Å². The molecule has 138 valence electrons. The van der Waals surface area contributed by atoms with Crippen LogP contribution in [0.1, 0.15) is 45.8 Å². The molecule has 0 spiro atoms. The van der Waals surface area contributed by atoms with Gasteiger partial charge in [0.2, 0.25) is 0 Å². The van der Waals surface area contributed by atoms with Gasteiger partial charge in [-0.15, -0.1) is 0 Å². The van der Waals surface area contributed by atoms with Gasteiger partial charge in [-0.3, -0.25) is 9.69 Å². The molecule has 3 heterocycles. The molecule has 3 atom stereocenters. The van der Waals surface area contributed by atoms with E-state index in [-0.39, 0.29) is 17.9 Å². The standard InChI is InChI=1S/C21H26N2O3/c1-21(2,3)25-20(24)17-11-15-9-10-19(17)23(15)13-16-12-18(22-26-16)14-7-5-4-6-8-14/h4-8,12,15,17,19H,9-11,13H2,1-3H3. The fraction of sp³-hybridized carbons (Fsp3) is 0.524. The van der Waals surface area contributed by atoms with Crippen LogP contribution in [-0.4, -0.2) is 33.7 Å². The van der Waals surface area contributed by atoms with Crippen LogP contribution in [-0.2, 0) is 16.1 Å². The lowest BCUT2D eigenvalue weighted by Crippen LogP contribution is -2.36. The fourth-order valence-electron chi connectivity index (χ4n) is 4.29. The van der Waals surface area contributed by atoms with Crippen LogP contribution < -0.4 is 0 Å². The number of hydrogen-bond acceptors (Lipinski definition) is 5. The van der Waals surface area contributed by atoms with Crippen LogP contribution in [0, 0.1) is 5.92 Å². The van der Waals surface area contributed by atoms with Crippen molar-refractivity contribution < 1.29 is 14.1 Å². The SMILES string of the molecule is CC(C)(C)OC(=O)C1CC2CCC1N2Cc1cc(-c2ccccc2)no1. The van der Waals surface area contributed by atoms with E-state index < -0.39 is 5.60 Å². The third-order valence-corrected chi connectivity index (χ3v) is 5.36. The van der Waals surface area contributed by atoms with E-state index in [4.69, 9.17) is 9.26 Å². The minimum absolute atomic E-state index is 0.0236. The Labute approximate surface area is 154 Å². The zero-order valence-electron chi connectivity index (χ0n) is 15.6. The maximum Gasteiger partial charge on any atom is 0.311 e. The van der Waals surface area contributed by atoms with Gasteiger partial charge in [0.05, 0.1) is 12.5 Å². The summed E-state index contributed by atoms with van der Waals surface area (Å²) in [5.41, 5.74) is 1.48. The second-order valence-corrected chi connectivity index (χ2v) is 8.39. The molecule has 26 heavy (non-hydrogen) atoms. The first-order chi connectivity index (χ1) is 12.4. The lowest BCUT2D eigenvalue weighted by Gasteiger charge is -2.26. The van der Waals surface area contributed by atoms with Crippen molar-refractivity contribution in [1.29, 1.82) is 0 Å². The Balaban J connectivity index is 1.45. The van der Waals surface area contributed by atoms with Crippen molar-refractivity contribution in [3.63, 3.8) is 0 Å². The predicted molar refractivity (Wildman–Crippen MR) is 98.2 cm³/mol. The Bertz CT molecular complexity index is 778. The first-order valence-corrected chi connectivity index (χ1v) is 9.40. The Morgan fingerprint density at radius 2 is 2.04 bits per heavy atom. The van der Waals surface area contributed by atoms with Crippen molar-refractivity contribution >= 4 is 5.97 Å². The van der Waals surface area contributed by atoms with Gasteiger partial charge in [-0.2, -0.15) is 0 Å². The van der Waals surface area contributed by atoms with E-state index in [1.807, 2.05) is 57.2 Å². The number of aromatic nitrogens is 1. The van der Waals surface area contributed by atoms with Gasteiger partial charge in [0.15, 0.2) is 5.76 Å². The molecule has 0 amide bonds. The van der Waals surface area contributed by atoms with Crippen molar-refractivity contribution in [3.05, 3.63) is 42.2 Å². The van der Waals surface area contributed by atoms with Gasteiger partial charge >= 0.3 is 5.97 Å². The number of rotatable bonds is 4. The van der Waals surface area contributed by atoms with Gasteiger partial charge in [-0.05, 0) is 40.0 Å². The zero-order chi connectivity index (χ0) is 18.3. The molecule has 2 bridgehead atoms. The highest BCUT2D eigenvalue weighted by atomic mass is 16.6. The minimum atomic E-state index is -0.431. The van der Waals surface area contributed by atoms with Crippen LogP contribution >= 0.6 is 0 Å². The largest absolute Gasteiger partial charge is 0.460 e. The molecule has 1 aromatic carbocycles. The van der Waals surface area contributed by atoms with Gasteiger partial charge in [-0.1, -0.05) is 35.5 Å². The van der Waals surface area contributed by atoms with Crippen LogP contribution in [0.3, 0.4) is 0 Å². The molecule has 0 N–H and O–H groups in total. The highest BCUT2D eigenvalue weighted by molar-refractivity contribution is 5.74. The number of benzene rings is 1. The molecule has 0 radical (unpaired) electrons. The monoisotopic (exact) mass is 354 g/mol. The van der Waals surface area contributed by atoms with Crippen molar-refractivity contribution in [2.75, 3.05) is 0 Å². The molecule has 3 unspecified atom stereocenters. The maximum atomic E-state index is 12.6. The molecule has 0 saturated carbocycles. The molecule has 0 aliphatic carbocycles. The summed E-state index contributed by atoms with van der Waals surface area (Å²) in [6.45, 7) is 6.48. The van der Waals surface area contributed by atoms with E-state index in [1.165, 1.54) is 0 Å². The predicted octanol–water partition coefficient (Wildman–Crippen LogP) is 4.04. The normalized spacial score (nSPS) is 25.6. The van der Waals surface area contributed by atoms with Gasteiger partial charge < -0.3 is 9.26 Å². The smallest absolute Gasteiger partial charge is 0.311 e.